The van der Waals surface area contributed by atoms with Gasteiger partial charge in [-0.05, 0) is 55.7 Å². The zero-order chi connectivity index (χ0) is 15.9. The molecule has 0 aromatic heterocycles. The van der Waals surface area contributed by atoms with Crippen molar-refractivity contribution in [3.8, 4) is 5.75 Å². The first-order valence-electron chi connectivity index (χ1n) is 9.04. The van der Waals surface area contributed by atoms with Gasteiger partial charge in [0.1, 0.15) is 11.9 Å². The Morgan fingerprint density at radius 2 is 1.77 bits per heavy atom. The summed E-state index contributed by atoms with van der Waals surface area (Å²) in [6.07, 6.45) is 5.39. The molecule has 1 aliphatic heterocycles. The molecule has 0 bridgehead atoms. The summed E-state index contributed by atoms with van der Waals surface area (Å²) in [5.74, 6) is 2.44. The number of hydrogen-bond acceptors (Lipinski definition) is 2. The molecule has 1 aromatic rings. The summed E-state index contributed by atoms with van der Waals surface area (Å²) < 4.78 is 6.31. The van der Waals surface area contributed by atoms with E-state index in [2.05, 4.69) is 56.9 Å². The lowest BCUT2D eigenvalue weighted by molar-refractivity contribution is 0.0980. The zero-order valence-electron chi connectivity index (χ0n) is 14.8. The van der Waals surface area contributed by atoms with Gasteiger partial charge in [-0.25, -0.2) is 0 Å². The minimum atomic E-state index is 0.390. The Kier molecular flexibility index (Phi) is 6.75. The first-order valence-corrected chi connectivity index (χ1v) is 9.04. The number of benzene rings is 1. The maximum Gasteiger partial charge on any atom is 0.123 e. The molecule has 0 aliphatic carbocycles. The molecule has 1 aliphatic rings. The molecule has 2 heteroatoms. The molecule has 1 saturated heterocycles. The summed E-state index contributed by atoms with van der Waals surface area (Å²) in [6.45, 7) is 12.7. The standard InChI is InChI=1S/C20H33NO/c1-16(2)8-7-13-21-14-11-18(12-15-21)22-20-10-6-5-9-19(20)17(3)4/h5-6,9-10,16-18H,7-8,11-15H2,1-4H3. The van der Waals surface area contributed by atoms with E-state index < -0.39 is 0 Å². The minimum absolute atomic E-state index is 0.390. The van der Waals surface area contributed by atoms with Crippen LogP contribution in [0.5, 0.6) is 5.75 Å². The quantitative estimate of drug-likeness (QED) is 0.695. The van der Waals surface area contributed by atoms with Gasteiger partial charge in [-0.15, -0.1) is 0 Å². The van der Waals surface area contributed by atoms with Crippen molar-refractivity contribution in [1.82, 2.24) is 4.90 Å². The molecule has 2 rings (SSSR count). The Bertz CT molecular complexity index is 433. The second-order valence-corrected chi connectivity index (χ2v) is 7.39. The van der Waals surface area contributed by atoms with Gasteiger partial charge in [0.05, 0.1) is 0 Å². The summed E-state index contributed by atoms with van der Waals surface area (Å²) in [5, 5.41) is 0. The zero-order valence-corrected chi connectivity index (χ0v) is 14.8. The average Bonchev–Trinajstić information content (AvgIpc) is 2.49. The highest BCUT2D eigenvalue weighted by Gasteiger charge is 2.21. The molecule has 0 radical (unpaired) electrons. The molecule has 0 unspecified atom stereocenters. The molecule has 0 spiro atoms. The van der Waals surface area contributed by atoms with Crippen LogP contribution in [0.1, 0.15) is 64.9 Å². The Labute approximate surface area is 136 Å². The molecule has 0 amide bonds. The smallest absolute Gasteiger partial charge is 0.123 e. The predicted octanol–water partition coefficient (Wildman–Crippen LogP) is 5.09. The highest BCUT2D eigenvalue weighted by Crippen LogP contribution is 2.28. The average molecular weight is 303 g/mol. The SMILES string of the molecule is CC(C)CCCN1CCC(Oc2ccccc2C(C)C)CC1. The van der Waals surface area contributed by atoms with Crippen molar-refractivity contribution in [2.75, 3.05) is 19.6 Å². The van der Waals surface area contributed by atoms with Crippen LogP contribution in [0, 0.1) is 5.92 Å². The van der Waals surface area contributed by atoms with Gasteiger partial charge >= 0.3 is 0 Å². The number of para-hydroxylation sites is 1. The number of likely N-dealkylation sites (tertiary alicyclic amines) is 1. The van der Waals surface area contributed by atoms with Gasteiger partial charge in [-0.3, -0.25) is 0 Å². The van der Waals surface area contributed by atoms with Crippen LogP contribution < -0.4 is 4.74 Å². The predicted molar refractivity (Wildman–Crippen MR) is 94.7 cm³/mol. The van der Waals surface area contributed by atoms with Gasteiger partial charge in [0.25, 0.3) is 0 Å². The van der Waals surface area contributed by atoms with E-state index in [-0.39, 0.29) is 0 Å². The molecule has 2 nitrogen and oxygen atoms in total. The molecular formula is C20H33NO. The van der Waals surface area contributed by atoms with Crippen LogP contribution >= 0.6 is 0 Å². The molecule has 22 heavy (non-hydrogen) atoms. The van der Waals surface area contributed by atoms with Gasteiger partial charge in [0.15, 0.2) is 0 Å². The van der Waals surface area contributed by atoms with Crippen molar-refractivity contribution in [2.45, 2.75) is 65.4 Å². The third kappa shape index (κ3) is 5.31. The number of ether oxygens (including phenoxy) is 1. The monoisotopic (exact) mass is 303 g/mol. The Morgan fingerprint density at radius 1 is 1.09 bits per heavy atom. The van der Waals surface area contributed by atoms with Gasteiger partial charge in [0, 0.05) is 13.1 Å². The largest absolute Gasteiger partial charge is 0.490 e. The highest BCUT2D eigenvalue weighted by atomic mass is 16.5. The molecule has 1 heterocycles. The Morgan fingerprint density at radius 3 is 2.41 bits per heavy atom. The molecule has 0 N–H and O–H groups in total. The Hall–Kier alpha value is -1.02. The fourth-order valence-corrected chi connectivity index (χ4v) is 3.22. The van der Waals surface area contributed by atoms with E-state index >= 15 is 0 Å². The Balaban J connectivity index is 1.78. The summed E-state index contributed by atoms with van der Waals surface area (Å²) in [4.78, 5) is 2.61. The molecule has 1 fully saturated rings. The van der Waals surface area contributed by atoms with Crippen molar-refractivity contribution in [2.24, 2.45) is 5.92 Å². The van der Waals surface area contributed by atoms with Crippen LogP contribution in [0.2, 0.25) is 0 Å². The van der Waals surface area contributed by atoms with Gasteiger partial charge < -0.3 is 9.64 Å². The fourth-order valence-electron chi connectivity index (χ4n) is 3.22. The van der Waals surface area contributed by atoms with Crippen molar-refractivity contribution < 1.29 is 4.74 Å². The van der Waals surface area contributed by atoms with E-state index in [4.69, 9.17) is 4.74 Å². The molecule has 124 valence electrons. The maximum atomic E-state index is 6.31. The lowest BCUT2D eigenvalue weighted by Crippen LogP contribution is -2.38. The van der Waals surface area contributed by atoms with Crippen LogP contribution in [0.3, 0.4) is 0 Å². The minimum Gasteiger partial charge on any atom is -0.490 e. The second kappa shape index (κ2) is 8.57. The van der Waals surface area contributed by atoms with Crippen LogP contribution in [0.4, 0.5) is 0 Å². The van der Waals surface area contributed by atoms with E-state index in [1.54, 1.807) is 0 Å². The number of nitrogens with zero attached hydrogens (tertiary/aromatic N) is 1. The van der Waals surface area contributed by atoms with Crippen molar-refractivity contribution >= 4 is 0 Å². The van der Waals surface area contributed by atoms with E-state index in [9.17, 15) is 0 Å². The van der Waals surface area contributed by atoms with E-state index in [1.807, 2.05) is 0 Å². The van der Waals surface area contributed by atoms with Crippen LogP contribution in [0.25, 0.3) is 0 Å². The number of piperidine rings is 1. The van der Waals surface area contributed by atoms with Crippen molar-refractivity contribution in [3.63, 3.8) is 0 Å². The lowest BCUT2D eigenvalue weighted by atomic mass is 10.0. The van der Waals surface area contributed by atoms with E-state index in [0.29, 0.717) is 12.0 Å². The maximum absolute atomic E-state index is 6.31. The fraction of sp³-hybridized carbons (Fsp3) is 0.700. The van der Waals surface area contributed by atoms with Crippen LogP contribution in [-0.4, -0.2) is 30.6 Å². The summed E-state index contributed by atoms with van der Waals surface area (Å²) in [7, 11) is 0. The molecule has 0 atom stereocenters. The third-order valence-electron chi connectivity index (χ3n) is 4.63. The molecule has 0 saturated carbocycles. The van der Waals surface area contributed by atoms with E-state index in [0.717, 1.165) is 24.5 Å². The van der Waals surface area contributed by atoms with Crippen molar-refractivity contribution in [3.05, 3.63) is 29.8 Å². The first kappa shape index (κ1) is 17.3. The summed E-state index contributed by atoms with van der Waals surface area (Å²) in [5.41, 5.74) is 1.34. The van der Waals surface area contributed by atoms with Crippen LogP contribution in [0.15, 0.2) is 24.3 Å². The van der Waals surface area contributed by atoms with Gasteiger partial charge in [-0.2, -0.15) is 0 Å². The van der Waals surface area contributed by atoms with Gasteiger partial charge in [0.2, 0.25) is 0 Å². The normalized spacial score (nSPS) is 17.4. The third-order valence-corrected chi connectivity index (χ3v) is 4.63. The van der Waals surface area contributed by atoms with Crippen LogP contribution in [-0.2, 0) is 0 Å². The molecular weight excluding hydrogens is 270 g/mol. The number of hydrogen-bond donors (Lipinski definition) is 0. The summed E-state index contributed by atoms with van der Waals surface area (Å²) >= 11 is 0. The topological polar surface area (TPSA) is 12.5 Å². The van der Waals surface area contributed by atoms with E-state index in [1.165, 1.54) is 38.0 Å². The van der Waals surface area contributed by atoms with Gasteiger partial charge in [-0.1, -0.05) is 45.9 Å². The van der Waals surface area contributed by atoms with Crippen molar-refractivity contribution in [1.29, 1.82) is 0 Å². The molecule has 1 aromatic carbocycles. The first-order chi connectivity index (χ1) is 10.6. The lowest BCUT2D eigenvalue weighted by Gasteiger charge is -2.32. The second-order valence-electron chi connectivity index (χ2n) is 7.39. The number of rotatable bonds is 7. The highest BCUT2D eigenvalue weighted by molar-refractivity contribution is 5.35. The summed E-state index contributed by atoms with van der Waals surface area (Å²) in [6, 6.07) is 8.52.